The molecule has 20 heavy (non-hydrogen) atoms. The van der Waals surface area contributed by atoms with Gasteiger partial charge in [-0.15, -0.1) is 0 Å². The Balaban J connectivity index is 2.17. The van der Waals surface area contributed by atoms with E-state index in [9.17, 15) is 4.39 Å². The topological polar surface area (TPSA) is 64.3 Å². The number of ether oxygens (including phenoxy) is 1. The molecular formula is C14H23FN4O. The van der Waals surface area contributed by atoms with Crippen LogP contribution < -0.4 is 10.6 Å². The third-order valence-corrected chi connectivity index (χ3v) is 3.68. The van der Waals surface area contributed by atoms with Crippen LogP contribution in [0.4, 0.5) is 16.2 Å². The molecule has 1 saturated heterocycles. The molecule has 112 valence electrons. The Kier molecular flexibility index (Phi) is 4.13. The molecule has 0 saturated carbocycles. The predicted molar refractivity (Wildman–Crippen MR) is 77.7 cm³/mol. The maximum Gasteiger partial charge on any atom is 0.227 e. The van der Waals surface area contributed by atoms with Crippen molar-refractivity contribution in [2.24, 2.45) is 0 Å². The Hall–Kier alpha value is -1.43. The van der Waals surface area contributed by atoms with Crippen molar-refractivity contribution >= 4 is 11.8 Å². The highest BCUT2D eigenvalue weighted by atomic mass is 19.1. The summed E-state index contributed by atoms with van der Waals surface area (Å²) in [5.74, 6) is 0.958. The Bertz CT molecular complexity index is 475. The van der Waals surface area contributed by atoms with Crippen LogP contribution in [0.1, 0.15) is 32.8 Å². The molecule has 0 radical (unpaired) electrons. The van der Waals surface area contributed by atoms with Crippen LogP contribution >= 0.6 is 0 Å². The Morgan fingerprint density at radius 3 is 2.65 bits per heavy atom. The predicted octanol–water partition coefficient (Wildman–Crippen LogP) is 1.92. The average molecular weight is 282 g/mol. The van der Waals surface area contributed by atoms with Crippen molar-refractivity contribution in [3.8, 4) is 0 Å². The van der Waals surface area contributed by atoms with Crippen molar-refractivity contribution in [2.75, 3.05) is 30.8 Å². The van der Waals surface area contributed by atoms with Crippen LogP contribution in [0.25, 0.3) is 0 Å². The van der Waals surface area contributed by atoms with Crippen LogP contribution in [-0.4, -0.2) is 42.4 Å². The molecule has 6 heteroatoms. The van der Waals surface area contributed by atoms with Gasteiger partial charge in [0.15, 0.2) is 0 Å². The number of hydrogen-bond donors (Lipinski definition) is 1. The highest BCUT2D eigenvalue weighted by Crippen LogP contribution is 2.28. The van der Waals surface area contributed by atoms with Gasteiger partial charge >= 0.3 is 0 Å². The number of hydrogen-bond acceptors (Lipinski definition) is 5. The molecule has 1 fully saturated rings. The van der Waals surface area contributed by atoms with Gasteiger partial charge in [0, 0.05) is 25.4 Å². The molecule has 0 bridgehead atoms. The van der Waals surface area contributed by atoms with E-state index in [-0.39, 0.29) is 18.1 Å². The molecule has 2 N–H and O–H groups in total. The zero-order valence-electron chi connectivity index (χ0n) is 12.6. The van der Waals surface area contributed by atoms with E-state index in [0.717, 1.165) is 5.56 Å². The van der Waals surface area contributed by atoms with Crippen LogP contribution in [0, 0.1) is 0 Å². The zero-order valence-corrected chi connectivity index (χ0v) is 12.6. The van der Waals surface area contributed by atoms with E-state index in [2.05, 4.69) is 30.7 Å². The summed E-state index contributed by atoms with van der Waals surface area (Å²) in [6.07, 6.45) is 1.01. The SMILES string of the molecule is CO[C@H]1CCN(c2ncc(C(C)(C)C)c(N)n2)C[C@H]1F. The van der Waals surface area contributed by atoms with Gasteiger partial charge in [0.05, 0.1) is 12.6 Å². The summed E-state index contributed by atoms with van der Waals surface area (Å²) in [6, 6.07) is 0. The van der Waals surface area contributed by atoms with E-state index in [0.29, 0.717) is 24.7 Å². The van der Waals surface area contributed by atoms with E-state index < -0.39 is 6.17 Å². The van der Waals surface area contributed by atoms with Gasteiger partial charge in [-0.1, -0.05) is 20.8 Å². The van der Waals surface area contributed by atoms with Gasteiger partial charge in [0.2, 0.25) is 5.95 Å². The molecule has 1 aliphatic heterocycles. The smallest absolute Gasteiger partial charge is 0.227 e. The molecule has 1 aromatic rings. The number of anilines is 2. The highest BCUT2D eigenvalue weighted by molar-refractivity contribution is 5.47. The number of halogens is 1. The fourth-order valence-electron chi connectivity index (χ4n) is 2.45. The molecule has 0 spiro atoms. The fraction of sp³-hybridized carbons (Fsp3) is 0.714. The molecule has 1 aromatic heterocycles. The molecular weight excluding hydrogens is 259 g/mol. The van der Waals surface area contributed by atoms with Crippen molar-refractivity contribution in [2.45, 2.75) is 44.9 Å². The minimum Gasteiger partial charge on any atom is -0.383 e. The van der Waals surface area contributed by atoms with Gasteiger partial charge in [-0.3, -0.25) is 0 Å². The number of rotatable bonds is 2. The number of piperidine rings is 1. The second-order valence-corrected chi connectivity index (χ2v) is 6.24. The minimum absolute atomic E-state index is 0.103. The van der Waals surface area contributed by atoms with Crippen molar-refractivity contribution in [3.05, 3.63) is 11.8 Å². The minimum atomic E-state index is -1.03. The van der Waals surface area contributed by atoms with Crippen molar-refractivity contribution < 1.29 is 9.13 Å². The van der Waals surface area contributed by atoms with Crippen LogP contribution in [0.5, 0.6) is 0 Å². The first-order chi connectivity index (χ1) is 9.32. The van der Waals surface area contributed by atoms with Crippen LogP contribution in [0.3, 0.4) is 0 Å². The van der Waals surface area contributed by atoms with Crippen molar-refractivity contribution in [1.82, 2.24) is 9.97 Å². The van der Waals surface area contributed by atoms with Crippen molar-refractivity contribution in [3.63, 3.8) is 0 Å². The summed E-state index contributed by atoms with van der Waals surface area (Å²) in [5.41, 5.74) is 6.81. The second kappa shape index (κ2) is 5.52. The summed E-state index contributed by atoms with van der Waals surface area (Å²) in [5, 5.41) is 0. The van der Waals surface area contributed by atoms with Gasteiger partial charge < -0.3 is 15.4 Å². The standard InChI is InChI=1S/C14H23FN4O/c1-14(2,3)9-7-17-13(18-12(9)16)19-6-5-11(20-4)10(15)8-19/h7,10-11H,5-6,8H2,1-4H3,(H2,16,17,18)/t10-,11+/m1/s1. The van der Waals surface area contributed by atoms with Crippen LogP contribution in [0.2, 0.25) is 0 Å². The maximum absolute atomic E-state index is 13.9. The monoisotopic (exact) mass is 282 g/mol. The summed E-state index contributed by atoms with van der Waals surface area (Å²) in [7, 11) is 1.54. The van der Waals surface area contributed by atoms with Crippen molar-refractivity contribution in [1.29, 1.82) is 0 Å². The summed E-state index contributed by atoms with van der Waals surface area (Å²) in [6.45, 7) is 7.09. The number of methoxy groups -OCH3 is 1. The average Bonchev–Trinajstić information content (AvgIpc) is 2.37. The third-order valence-electron chi connectivity index (χ3n) is 3.68. The summed E-state index contributed by atoms with van der Waals surface area (Å²) < 4.78 is 19.0. The van der Waals surface area contributed by atoms with Gasteiger partial charge in [0.25, 0.3) is 0 Å². The van der Waals surface area contributed by atoms with Gasteiger partial charge in [-0.05, 0) is 11.8 Å². The summed E-state index contributed by atoms with van der Waals surface area (Å²) in [4.78, 5) is 10.5. The first-order valence-electron chi connectivity index (χ1n) is 6.87. The second-order valence-electron chi connectivity index (χ2n) is 6.24. The lowest BCUT2D eigenvalue weighted by Gasteiger charge is -2.34. The van der Waals surface area contributed by atoms with Crippen LogP contribution in [-0.2, 0) is 10.2 Å². The molecule has 0 amide bonds. The number of nitrogens with two attached hydrogens (primary N) is 1. The van der Waals surface area contributed by atoms with E-state index in [4.69, 9.17) is 10.5 Å². The molecule has 2 atom stereocenters. The first-order valence-corrected chi connectivity index (χ1v) is 6.87. The molecule has 0 aromatic carbocycles. The lowest BCUT2D eigenvalue weighted by molar-refractivity contribution is 0.0194. The number of nitrogens with zero attached hydrogens (tertiary/aromatic N) is 3. The number of alkyl halides is 1. The van der Waals surface area contributed by atoms with E-state index in [1.165, 1.54) is 0 Å². The van der Waals surface area contributed by atoms with E-state index in [1.807, 2.05) is 4.90 Å². The Morgan fingerprint density at radius 2 is 2.15 bits per heavy atom. The van der Waals surface area contributed by atoms with Crippen LogP contribution in [0.15, 0.2) is 6.20 Å². The lowest BCUT2D eigenvalue weighted by atomic mass is 9.88. The van der Waals surface area contributed by atoms with E-state index in [1.54, 1.807) is 13.3 Å². The first kappa shape index (κ1) is 15.0. The lowest BCUT2D eigenvalue weighted by Crippen LogP contribution is -2.46. The Labute approximate surface area is 119 Å². The molecule has 5 nitrogen and oxygen atoms in total. The maximum atomic E-state index is 13.9. The highest BCUT2D eigenvalue weighted by Gasteiger charge is 2.30. The van der Waals surface area contributed by atoms with Gasteiger partial charge in [0.1, 0.15) is 12.0 Å². The number of aromatic nitrogens is 2. The van der Waals surface area contributed by atoms with Gasteiger partial charge in [-0.2, -0.15) is 4.98 Å². The zero-order chi connectivity index (χ0) is 14.9. The Morgan fingerprint density at radius 1 is 1.45 bits per heavy atom. The fourth-order valence-corrected chi connectivity index (χ4v) is 2.45. The number of nitrogen functional groups attached to an aromatic ring is 1. The molecule has 1 aliphatic rings. The molecule has 0 unspecified atom stereocenters. The normalized spacial score (nSPS) is 23.9. The molecule has 0 aliphatic carbocycles. The summed E-state index contributed by atoms with van der Waals surface area (Å²) >= 11 is 0. The quantitative estimate of drug-likeness (QED) is 0.898. The largest absolute Gasteiger partial charge is 0.383 e. The molecule has 2 rings (SSSR count). The molecule has 2 heterocycles. The third kappa shape index (κ3) is 3.00. The van der Waals surface area contributed by atoms with Gasteiger partial charge in [-0.25, -0.2) is 9.37 Å². The van der Waals surface area contributed by atoms with E-state index >= 15 is 0 Å².